The van der Waals surface area contributed by atoms with Crippen molar-refractivity contribution in [2.45, 2.75) is 19.8 Å². The Kier molecular flexibility index (Phi) is 6.63. The van der Waals surface area contributed by atoms with Crippen LogP contribution in [-0.2, 0) is 0 Å². The number of aromatic nitrogens is 1. The van der Waals surface area contributed by atoms with E-state index in [1.165, 1.54) is 0 Å². The number of oxazole rings is 1. The summed E-state index contributed by atoms with van der Waals surface area (Å²) in [6, 6.07) is 22.4. The van der Waals surface area contributed by atoms with E-state index in [0.29, 0.717) is 34.7 Å². The van der Waals surface area contributed by atoms with Crippen molar-refractivity contribution in [2.24, 2.45) is 0 Å². The average Bonchev–Trinajstić information content (AvgIpc) is 3.22. The van der Waals surface area contributed by atoms with Gasteiger partial charge in [-0.05, 0) is 66.6 Å². The van der Waals surface area contributed by atoms with Gasteiger partial charge in [-0.15, -0.1) is 0 Å². The van der Waals surface area contributed by atoms with Crippen molar-refractivity contribution < 1.29 is 13.9 Å². The van der Waals surface area contributed by atoms with E-state index in [9.17, 15) is 4.79 Å². The van der Waals surface area contributed by atoms with Gasteiger partial charge in [-0.3, -0.25) is 4.79 Å². The minimum absolute atomic E-state index is 0.161. The minimum atomic E-state index is -0.161. The van der Waals surface area contributed by atoms with Gasteiger partial charge in [0, 0.05) is 10.0 Å². The first-order chi connectivity index (χ1) is 15.1. The van der Waals surface area contributed by atoms with Crippen LogP contribution in [0.2, 0.25) is 0 Å². The van der Waals surface area contributed by atoms with Crippen LogP contribution in [-0.4, -0.2) is 17.4 Å². The number of unbranched alkanes of at least 4 members (excludes halogenated alkanes) is 1. The molecule has 156 valence electrons. The standard InChI is InChI=1S/C26H22BrNO3/c1-2-3-15-30-21-13-11-19(12-14-21)25(29)22(17-18-7-6-8-20(27)16-18)26-28-23-9-4-5-10-24(23)31-26/h4-14,16-17H,2-3,15H2,1H3. The van der Waals surface area contributed by atoms with Crippen LogP contribution < -0.4 is 4.74 Å². The normalized spacial score (nSPS) is 11.6. The van der Waals surface area contributed by atoms with Crippen molar-refractivity contribution in [2.75, 3.05) is 6.61 Å². The molecule has 0 aliphatic carbocycles. The lowest BCUT2D eigenvalue weighted by atomic mass is 10.0. The predicted molar refractivity (Wildman–Crippen MR) is 127 cm³/mol. The third kappa shape index (κ3) is 5.12. The second-order valence-electron chi connectivity index (χ2n) is 7.16. The molecule has 0 N–H and O–H groups in total. The van der Waals surface area contributed by atoms with Gasteiger partial charge in [-0.2, -0.15) is 0 Å². The molecule has 31 heavy (non-hydrogen) atoms. The minimum Gasteiger partial charge on any atom is -0.494 e. The number of allylic oxidation sites excluding steroid dienone is 1. The van der Waals surface area contributed by atoms with Crippen molar-refractivity contribution in [1.82, 2.24) is 4.98 Å². The molecule has 0 atom stereocenters. The number of benzene rings is 3. The van der Waals surface area contributed by atoms with E-state index in [0.717, 1.165) is 28.6 Å². The number of hydrogen-bond acceptors (Lipinski definition) is 4. The number of carbonyl (C=O) groups is 1. The van der Waals surface area contributed by atoms with Crippen LogP contribution in [0.1, 0.15) is 41.6 Å². The molecule has 0 bridgehead atoms. The van der Waals surface area contributed by atoms with Gasteiger partial charge in [-0.25, -0.2) is 4.98 Å². The van der Waals surface area contributed by atoms with E-state index in [1.807, 2.05) is 66.7 Å². The molecule has 1 aromatic heterocycles. The number of hydrogen-bond donors (Lipinski definition) is 0. The molecular weight excluding hydrogens is 454 g/mol. The van der Waals surface area contributed by atoms with Gasteiger partial charge in [0.1, 0.15) is 11.3 Å². The average molecular weight is 476 g/mol. The summed E-state index contributed by atoms with van der Waals surface area (Å²) in [4.78, 5) is 18.0. The van der Waals surface area contributed by atoms with Gasteiger partial charge in [0.15, 0.2) is 11.4 Å². The molecule has 5 heteroatoms. The molecule has 0 amide bonds. The number of nitrogens with zero attached hydrogens (tertiary/aromatic N) is 1. The quantitative estimate of drug-likeness (QED) is 0.153. The van der Waals surface area contributed by atoms with Crippen LogP contribution in [0.25, 0.3) is 22.7 Å². The number of Topliss-reactive ketones (excluding diaryl/α,β-unsaturated/α-hetero) is 1. The zero-order valence-corrected chi connectivity index (χ0v) is 18.8. The van der Waals surface area contributed by atoms with Crippen LogP contribution in [0.15, 0.2) is 81.7 Å². The number of halogens is 1. The second-order valence-corrected chi connectivity index (χ2v) is 8.07. The van der Waals surface area contributed by atoms with E-state index in [-0.39, 0.29) is 5.78 Å². The Morgan fingerprint density at radius 3 is 2.61 bits per heavy atom. The van der Waals surface area contributed by atoms with Gasteiger partial charge in [0.25, 0.3) is 0 Å². The third-order valence-corrected chi connectivity index (χ3v) is 5.30. The summed E-state index contributed by atoms with van der Waals surface area (Å²) in [6.07, 6.45) is 3.88. The first-order valence-corrected chi connectivity index (χ1v) is 11.0. The van der Waals surface area contributed by atoms with Gasteiger partial charge >= 0.3 is 0 Å². The molecular formula is C26H22BrNO3. The maximum atomic E-state index is 13.5. The molecule has 0 aliphatic heterocycles. The second kappa shape index (κ2) is 9.75. The summed E-state index contributed by atoms with van der Waals surface area (Å²) in [5.74, 6) is 0.894. The van der Waals surface area contributed by atoms with Gasteiger partial charge < -0.3 is 9.15 Å². The molecule has 0 saturated carbocycles. The number of para-hydroxylation sites is 2. The van der Waals surface area contributed by atoms with Gasteiger partial charge in [-0.1, -0.05) is 53.5 Å². The molecule has 0 saturated heterocycles. The van der Waals surface area contributed by atoms with Crippen LogP contribution >= 0.6 is 15.9 Å². The van der Waals surface area contributed by atoms with Gasteiger partial charge in [0.05, 0.1) is 12.2 Å². The largest absolute Gasteiger partial charge is 0.494 e. The highest BCUT2D eigenvalue weighted by Gasteiger charge is 2.20. The summed E-state index contributed by atoms with van der Waals surface area (Å²) in [5.41, 5.74) is 3.18. The fraction of sp³-hybridized carbons (Fsp3) is 0.154. The number of ketones is 1. The van der Waals surface area contributed by atoms with Crippen molar-refractivity contribution >= 4 is 44.5 Å². The topological polar surface area (TPSA) is 52.3 Å². The Bertz CT molecular complexity index is 1190. The van der Waals surface area contributed by atoms with E-state index in [1.54, 1.807) is 12.1 Å². The van der Waals surface area contributed by atoms with Crippen molar-refractivity contribution in [1.29, 1.82) is 0 Å². The molecule has 0 radical (unpaired) electrons. The van der Waals surface area contributed by atoms with Crippen molar-refractivity contribution in [3.05, 3.63) is 94.3 Å². The lowest BCUT2D eigenvalue weighted by Gasteiger charge is -2.07. The number of ether oxygens (including phenoxy) is 1. The van der Waals surface area contributed by atoms with Crippen LogP contribution in [0.5, 0.6) is 5.75 Å². The van der Waals surface area contributed by atoms with E-state index in [4.69, 9.17) is 9.15 Å². The first-order valence-electron chi connectivity index (χ1n) is 10.2. The molecule has 0 spiro atoms. The molecule has 3 aromatic carbocycles. The fourth-order valence-corrected chi connectivity index (χ4v) is 3.58. The van der Waals surface area contributed by atoms with E-state index < -0.39 is 0 Å². The van der Waals surface area contributed by atoms with Gasteiger partial charge in [0.2, 0.25) is 5.89 Å². The Balaban J connectivity index is 1.70. The molecule has 4 aromatic rings. The summed E-state index contributed by atoms with van der Waals surface area (Å²) < 4.78 is 12.6. The highest BCUT2D eigenvalue weighted by atomic mass is 79.9. The maximum Gasteiger partial charge on any atom is 0.231 e. The monoisotopic (exact) mass is 475 g/mol. The summed E-state index contributed by atoms with van der Waals surface area (Å²) in [6.45, 7) is 2.79. The zero-order chi connectivity index (χ0) is 21.6. The zero-order valence-electron chi connectivity index (χ0n) is 17.2. The highest BCUT2D eigenvalue weighted by Crippen LogP contribution is 2.27. The molecule has 0 unspecified atom stereocenters. The molecule has 0 fully saturated rings. The SMILES string of the molecule is CCCCOc1ccc(C(=O)C(=Cc2cccc(Br)c2)c2nc3ccccc3o2)cc1. The highest BCUT2D eigenvalue weighted by molar-refractivity contribution is 9.10. The molecule has 4 rings (SSSR count). The van der Waals surface area contributed by atoms with Crippen LogP contribution in [0.4, 0.5) is 0 Å². The fourth-order valence-electron chi connectivity index (χ4n) is 3.17. The lowest BCUT2D eigenvalue weighted by molar-refractivity contribution is 0.105. The van der Waals surface area contributed by atoms with E-state index >= 15 is 0 Å². The van der Waals surface area contributed by atoms with Crippen molar-refractivity contribution in [3.63, 3.8) is 0 Å². The third-order valence-electron chi connectivity index (χ3n) is 4.81. The Morgan fingerprint density at radius 2 is 1.87 bits per heavy atom. The number of fused-ring (bicyclic) bond motifs is 1. The molecule has 0 aliphatic rings. The Morgan fingerprint density at radius 1 is 1.06 bits per heavy atom. The van der Waals surface area contributed by atoms with Crippen LogP contribution in [0, 0.1) is 0 Å². The maximum absolute atomic E-state index is 13.5. The summed E-state index contributed by atoms with van der Waals surface area (Å²) in [7, 11) is 0. The number of carbonyl (C=O) groups excluding carboxylic acids is 1. The predicted octanol–water partition coefficient (Wildman–Crippen LogP) is 7.19. The number of rotatable bonds is 8. The smallest absolute Gasteiger partial charge is 0.231 e. The summed E-state index contributed by atoms with van der Waals surface area (Å²) >= 11 is 3.48. The van der Waals surface area contributed by atoms with Crippen molar-refractivity contribution in [3.8, 4) is 5.75 Å². The lowest BCUT2D eigenvalue weighted by Crippen LogP contribution is -2.04. The molecule has 1 heterocycles. The van der Waals surface area contributed by atoms with E-state index in [2.05, 4.69) is 27.8 Å². The Hall–Kier alpha value is -3.18. The van der Waals surface area contributed by atoms with Crippen LogP contribution in [0.3, 0.4) is 0 Å². The first kappa shape index (κ1) is 21.1. The molecule has 4 nitrogen and oxygen atoms in total. The summed E-state index contributed by atoms with van der Waals surface area (Å²) in [5, 5.41) is 0. The Labute approximate surface area is 189 Å².